The third-order valence-electron chi connectivity index (χ3n) is 5.06. The van der Waals surface area contributed by atoms with Crippen LogP contribution >= 0.6 is 0 Å². The molecule has 0 unspecified atom stereocenters. The molecule has 0 aliphatic carbocycles. The first kappa shape index (κ1) is 22.0. The maximum atomic E-state index is 13.1. The van der Waals surface area contributed by atoms with Crippen molar-refractivity contribution in [1.82, 2.24) is 14.2 Å². The number of amides is 2. The normalized spacial score (nSPS) is 15.1. The van der Waals surface area contributed by atoms with Crippen LogP contribution in [-0.4, -0.2) is 67.9 Å². The summed E-state index contributed by atoms with van der Waals surface area (Å²) in [6.45, 7) is 6.67. The SMILES string of the molecule is CCN(CC)c1ccc(NC(=O)N2CCN(S(=O)(=O)c3ccc(F)cc3)CC2)cn1. The molecule has 0 bridgehead atoms. The Bertz CT molecular complexity index is 955. The summed E-state index contributed by atoms with van der Waals surface area (Å²) >= 11 is 0. The zero-order valence-electron chi connectivity index (χ0n) is 17.1. The van der Waals surface area contributed by atoms with Gasteiger partial charge in [-0.1, -0.05) is 0 Å². The van der Waals surface area contributed by atoms with Gasteiger partial charge in [0.25, 0.3) is 0 Å². The minimum atomic E-state index is -3.71. The number of sulfonamides is 1. The molecular weight excluding hydrogens is 409 g/mol. The highest BCUT2D eigenvalue weighted by atomic mass is 32.2. The van der Waals surface area contributed by atoms with Crippen LogP contribution in [0.1, 0.15) is 13.8 Å². The van der Waals surface area contributed by atoms with Gasteiger partial charge in [0.15, 0.2) is 0 Å². The maximum absolute atomic E-state index is 13.1. The molecule has 2 amide bonds. The molecule has 0 atom stereocenters. The molecule has 10 heteroatoms. The van der Waals surface area contributed by atoms with Crippen molar-refractivity contribution < 1.29 is 17.6 Å². The average Bonchev–Trinajstić information content (AvgIpc) is 2.76. The molecule has 3 rings (SSSR count). The molecule has 2 heterocycles. The van der Waals surface area contributed by atoms with Crippen molar-refractivity contribution in [1.29, 1.82) is 0 Å². The van der Waals surface area contributed by atoms with Gasteiger partial charge in [-0.05, 0) is 50.2 Å². The average molecular weight is 436 g/mol. The van der Waals surface area contributed by atoms with Crippen LogP contribution in [-0.2, 0) is 10.0 Å². The topological polar surface area (TPSA) is 85.9 Å². The second-order valence-corrected chi connectivity index (χ2v) is 8.79. The van der Waals surface area contributed by atoms with Gasteiger partial charge in [0.2, 0.25) is 10.0 Å². The van der Waals surface area contributed by atoms with Gasteiger partial charge in [0, 0.05) is 39.3 Å². The predicted octanol–water partition coefficient (Wildman–Crippen LogP) is 2.61. The van der Waals surface area contributed by atoms with Gasteiger partial charge >= 0.3 is 6.03 Å². The monoisotopic (exact) mass is 435 g/mol. The van der Waals surface area contributed by atoms with Crippen LogP contribution in [0.4, 0.5) is 20.7 Å². The Hall–Kier alpha value is -2.72. The summed E-state index contributed by atoms with van der Waals surface area (Å²) in [5.74, 6) is 0.354. The minimum Gasteiger partial charge on any atom is -0.357 e. The summed E-state index contributed by atoms with van der Waals surface area (Å²) in [6.07, 6.45) is 1.61. The number of carbonyl (C=O) groups excluding carboxylic acids is 1. The standard InChI is InChI=1S/C20H26FN5O3S/c1-3-24(4-2)19-10-7-17(15-22-19)23-20(27)25-11-13-26(14-12-25)30(28,29)18-8-5-16(21)6-9-18/h5-10,15H,3-4,11-14H2,1-2H3,(H,23,27). The van der Waals surface area contributed by atoms with E-state index in [1.54, 1.807) is 17.2 Å². The summed E-state index contributed by atoms with van der Waals surface area (Å²) in [4.78, 5) is 20.6. The van der Waals surface area contributed by atoms with Crippen LogP contribution in [0.3, 0.4) is 0 Å². The van der Waals surface area contributed by atoms with E-state index < -0.39 is 15.8 Å². The van der Waals surface area contributed by atoms with Crippen molar-refractivity contribution in [3.63, 3.8) is 0 Å². The third kappa shape index (κ3) is 4.88. The van der Waals surface area contributed by atoms with E-state index in [2.05, 4.69) is 29.0 Å². The van der Waals surface area contributed by atoms with E-state index in [9.17, 15) is 17.6 Å². The largest absolute Gasteiger partial charge is 0.357 e. The lowest BCUT2D eigenvalue weighted by Crippen LogP contribution is -2.51. The molecular formula is C20H26FN5O3S. The minimum absolute atomic E-state index is 0.0427. The molecule has 0 radical (unpaired) electrons. The Morgan fingerprint density at radius 3 is 2.23 bits per heavy atom. The van der Waals surface area contributed by atoms with Gasteiger partial charge in [-0.3, -0.25) is 0 Å². The number of benzene rings is 1. The molecule has 30 heavy (non-hydrogen) atoms. The van der Waals surface area contributed by atoms with Crippen molar-refractivity contribution in [2.45, 2.75) is 18.7 Å². The first-order valence-corrected chi connectivity index (χ1v) is 11.3. The van der Waals surface area contributed by atoms with Gasteiger partial charge in [0.1, 0.15) is 11.6 Å². The van der Waals surface area contributed by atoms with E-state index in [0.29, 0.717) is 5.69 Å². The van der Waals surface area contributed by atoms with Crippen molar-refractivity contribution in [3.05, 3.63) is 48.4 Å². The lowest BCUT2D eigenvalue weighted by molar-refractivity contribution is 0.184. The Morgan fingerprint density at radius 1 is 1.07 bits per heavy atom. The van der Waals surface area contributed by atoms with Gasteiger partial charge < -0.3 is 15.1 Å². The summed E-state index contributed by atoms with van der Waals surface area (Å²) < 4.78 is 39.7. The number of urea groups is 1. The Balaban J connectivity index is 1.57. The molecule has 2 aromatic rings. The molecule has 1 aliphatic rings. The predicted molar refractivity (Wildman–Crippen MR) is 114 cm³/mol. The van der Waals surface area contributed by atoms with E-state index in [4.69, 9.17) is 0 Å². The summed E-state index contributed by atoms with van der Waals surface area (Å²) in [5, 5.41) is 2.80. The van der Waals surface area contributed by atoms with Gasteiger partial charge in [0.05, 0.1) is 16.8 Å². The number of nitrogens with one attached hydrogen (secondary N) is 1. The lowest BCUT2D eigenvalue weighted by Gasteiger charge is -2.34. The number of nitrogens with zero attached hydrogens (tertiary/aromatic N) is 4. The van der Waals surface area contributed by atoms with E-state index in [0.717, 1.165) is 31.0 Å². The van der Waals surface area contributed by atoms with Crippen LogP contribution in [0.2, 0.25) is 0 Å². The molecule has 8 nitrogen and oxygen atoms in total. The summed E-state index contributed by atoms with van der Waals surface area (Å²) in [7, 11) is -3.71. The molecule has 1 aromatic heterocycles. The fourth-order valence-electron chi connectivity index (χ4n) is 3.28. The Kier molecular flexibility index (Phi) is 6.88. The van der Waals surface area contributed by atoms with E-state index in [-0.39, 0.29) is 37.1 Å². The Morgan fingerprint density at radius 2 is 1.70 bits per heavy atom. The highest BCUT2D eigenvalue weighted by Crippen LogP contribution is 2.19. The molecule has 1 N–H and O–H groups in total. The molecule has 162 valence electrons. The van der Waals surface area contributed by atoms with Crippen LogP contribution in [0, 0.1) is 5.82 Å². The molecule has 1 aliphatic heterocycles. The number of pyridine rings is 1. The van der Waals surface area contributed by atoms with Gasteiger partial charge in [-0.25, -0.2) is 22.6 Å². The first-order valence-electron chi connectivity index (χ1n) is 9.87. The highest BCUT2D eigenvalue weighted by molar-refractivity contribution is 7.89. The number of anilines is 2. The van der Waals surface area contributed by atoms with Crippen molar-refractivity contribution in [3.8, 4) is 0 Å². The lowest BCUT2D eigenvalue weighted by atomic mass is 10.3. The van der Waals surface area contributed by atoms with Crippen LogP contribution < -0.4 is 10.2 Å². The second-order valence-electron chi connectivity index (χ2n) is 6.85. The zero-order chi connectivity index (χ0) is 21.7. The molecule has 0 saturated carbocycles. The second kappa shape index (κ2) is 9.40. The van der Waals surface area contributed by atoms with Crippen molar-refractivity contribution >= 4 is 27.6 Å². The van der Waals surface area contributed by atoms with E-state index in [1.807, 2.05) is 6.07 Å². The van der Waals surface area contributed by atoms with Crippen LogP contribution in [0.25, 0.3) is 0 Å². The van der Waals surface area contributed by atoms with Crippen molar-refractivity contribution in [2.24, 2.45) is 0 Å². The maximum Gasteiger partial charge on any atom is 0.321 e. The van der Waals surface area contributed by atoms with Gasteiger partial charge in [-0.15, -0.1) is 0 Å². The number of carbonyl (C=O) groups is 1. The number of halogens is 1. The molecule has 1 saturated heterocycles. The van der Waals surface area contributed by atoms with Crippen molar-refractivity contribution in [2.75, 3.05) is 49.5 Å². The van der Waals surface area contributed by atoms with E-state index in [1.165, 1.54) is 16.4 Å². The zero-order valence-corrected chi connectivity index (χ0v) is 17.9. The smallest absolute Gasteiger partial charge is 0.321 e. The van der Waals surface area contributed by atoms with E-state index >= 15 is 0 Å². The number of hydrogen-bond donors (Lipinski definition) is 1. The highest BCUT2D eigenvalue weighted by Gasteiger charge is 2.30. The fraction of sp³-hybridized carbons (Fsp3) is 0.400. The van der Waals surface area contributed by atoms with Crippen LogP contribution in [0.15, 0.2) is 47.5 Å². The van der Waals surface area contributed by atoms with Crippen LogP contribution in [0.5, 0.6) is 0 Å². The number of piperazine rings is 1. The first-order chi connectivity index (χ1) is 14.3. The third-order valence-corrected chi connectivity index (χ3v) is 6.98. The summed E-state index contributed by atoms with van der Waals surface area (Å²) in [6, 6.07) is 8.10. The molecule has 1 fully saturated rings. The number of aromatic nitrogens is 1. The fourth-order valence-corrected chi connectivity index (χ4v) is 4.71. The Labute approximate surface area is 176 Å². The summed E-state index contributed by atoms with van der Waals surface area (Å²) in [5.41, 5.74) is 0.581. The quantitative estimate of drug-likeness (QED) is 0.754. The number of rotatable bonds is 6. The molecule has 0 spiro atoms. The number of hydrogen-bond acceptors (Lipinski definition) is 5. The van der Waals surface area contributed by atoms with Gasteiger partial charge in [-0.2, -0.15) is 4.31 Å². The molecule has 1 aromatic carbocycles.